The van der Waals surface area contributed by atoms with Gasteiger partial charge in [0.15, 0.2) is 4.80 Å². The van der Waals surface area contributed by atoms with Gasteiger partial charge in [-0.05, 0) is 68.8 Å². The Labute approximate surface area is 243 Å². The van der Waals surface area contributed by atoms with Crippen LogP contribution < -0.4 is 24.4 Å². The van der Waals surface area contributed by atoms with Crippen LogP contribution in [0.25, 0.3) is 17.4 Å². The third kappa shape index (κ3) is 5.04. The number of rotatable bonds is 7. The van der Waals surface area contributed by atoms with E-state index in [0.29, 0.717) is 43.6 Å². The molecule has 3 heterocycles. The number of halogens is 1. The van der Waals surface area contributed by atoms with Crippen molar-refractivity contribution in [3.05, 3.63) is 101 Å². The van der Waals surface area contributed by atoms with E-state index >= 15 is 0 Å². The molecule has 0 saturated heterocycles. The Balaban J connectivity index is 1.68. The Kier molecular flexibility index (Phi) is 7.82. The van der Waals surface area contributed by atoms with E-state index in [-0.39, 0.29) is 17.7 Å². The number of hydrogen-bond acceptors (Lipinski definition) is 8. The summed E-state index contributed by atoms with van der Waals surface area (Å²) in [4.78, 5) is 32.2. The Morgan fingerprint density at radius 3 is 2.62 bits per heavy atom. The van der Waals surface area contributed by atoms with Gasteiger partial charge in [-0.15, -0.1) is 0 Å². The summed E-state index contributed by atoms with van der Waals surface area (Å²) in [7, 11) is 3.09. The van der Waals surface area contributed by atoms with Crippen LogP contribution in [-0.4, -0.2) is 31.4 Å². The van der Waals surface area contributed by atoms with Crippen molar-refractivity contribution in [2.75, 3.05) is 20.8 Å². The van der Waals surface area contributed by atoms with E-state index in [0.717, 1.165) is 15.6 Å². The van der Waals surface area contributed by atoms with E-state index < -0.39 is 12.0 Å². The number of esters is 1. The Hall–Kier alpha value is -3.89. The zero-order valence-corrected chi connectivity index (χ0v) is 25.0. The highest BCUT2D eigenvalue weighted by molar-refractivity contribution is 9.10. The van der Waals surface area contributed by atoms with Crippen LogP contribution in [0.3, 0.4) is 0 Å². The monoisotopic (exact) mass is 622 g/mol. The lowest BCUT2D eigenvalue weighted by Gasteiger charge is -2.26. The summed E-state index contributed by atoms with van der Waals surface area (Å²) in [6, 6.07) is 14.1. The second-order valence-corrected chi connectivity index (χ2v) is 11.0. The van der Waals surface area contributed by atoms with Crippen LogP contribution in [-0.2, 0) is 9.53 Å². The molecule has 1 atom stereocenters. The second kappa shape index (κ2) is 11.3. The molecule has 0 bridgehead atoms. The number of allylic oxidation sites excluding steroid dienone is 1. The minimum absolute atomic E-state index is 0.180. The normalized spacial score (nSPS) is 15.1. The van der Waals surface area contributed by atoms with E-state index in [9.17, 15) is 9.59 Å². The van der Waals surface area contributed by atoms with E-state index in [1.165, 1.54) is 23.0 Å². The fraction of sp³-hybridized carbons (Fsp3) is 0.233. The highest BCUT2D eigenvalue weighted by Gasteiger charge is 2.35. The van der Waals surface area contributed by atoms with Gasteiger partial charge in [-0.2, -0.15) is 0 Å². The van der Waals surface area contributed by atoms with Gasteiger partial charge in [-0.25, -0.2) is 9.79 Å². The number of methoxy groups -OCH3 is 2. The summed E-state index contributed by atoms with van der Waals surface area (Å²) in [6.45, 7) is 5.67. The molecule has 0 fully saturated rings. The van der Waals surface area contributed by atoms with Gasteiger partial charge in [0.05, 0.1) is 36.6 Å². The molecular formula is C30H27BrN2O6S. The first kappa shape index (κ1) is 27.7. The van der Waals surface area contributed by atoms with Crippen molar-refractivity contribution >= 4 is 39.3 Å². The topological polar surface area (TPSA) is 92.3 Å². The molecule has 0 N–H and O–H groups in total. The number of carbonyl (C=O) groups excluding carboxylic acids is 1. The molecule has 2 aromatic carbocycles. The van der Waals surface area contributed by atoms with Gasteiger partial charge in [0, 0.05) is 21.7 Å². The van der Waals surface area contributed by atoms with Crippen LogP contribution in [0.4, 0.5) is 0 Å². The molecule has 0 saturated carbocycles. The third-order valence-corrected chi connectivity index (χ3v) is 8.18. The van der Waals surface area contributed by atoms with Gasteiger partial charge in [0.25, 0.3) is 5.56 Å². The SMILES string of the molecule is CCOC(=O)C1=C(C)N=c2sc(=Cc3ccc(-c4ccc(C)cc4Br)o3)c(=O)n2C1c1cc(OC)ccc1OC. The van der Waals surface area contributed by atoms with Crippen molar-refractivity contribution in [1.82, 2.24) is 4.57 Å². The molecule has 5 rings (SSSR count). The molecule has 2 aromatic heterocycles. The maximum atomic E-state index is 13.9. The number of furan rings is 1. The first-order valence-electron chi connectivity index (χ1n) is 12.5. The Bertz CT molecular complexity index is 1830. The summed E-state index contributed by atoms with van der Waals surface area (Å²) >= 11 is 4.82. The minimum atomic E-state index is -0.835. The Morgan fingerprint density at radius 1 is 1.12 bits per heavy atom. The summed E-state index contributed by atoms with van der Waals surface area (Å²) in [5.41, 5.74) is 3.02. The predicted molar refractivity (Wildman–Crippen MR) is 157 cm³/mol. The van der Waals surface area contributed by atoms with Crippen molar-refractivity contribution in [2.24, 2.45) is 4.99 Å². The van der Waals surface area contributed by atoms with Gasteiger partial charge < -0.3 is 18.6 Å². The lowest BCUT2D eigenvalue weighted by molar-refractivity contribution is -0.139. The number of aryl methyl sites for hydroxylation is 1. The molecule has 0 spiro atoms. The molecule has 1 unspecified atom stereocenters. The quantitative estimate of drug-likeness (QED) is 0.265. The van der Waals surface area contributed by atoms with Crippen LogP contribution in [0.5, 0.6) is 11.5 Å². The number of nitrogens with zero attached hydrogens (tertiary/aromatic N) is 2. The first-order valence-corrected chi connectivity index (χ1v) is 14.1. The van der Waals surface area contributed by atoms with Gasteiger partial charge in [-0.1, -0.05) is 33.3 Å². The molecule has 1 aliphatic rings. The number of thiazole rings is 1. The van der Waals surface area contributed by atoms with Crippen molar-refractivity contribution in [3.8, 4) is 22.8 Å². The summed E-state index contributed by atoms with van der Waals surface area (Å²) in [6.07, 6.45) is 1.69. The van der Waals surface area contributed by atoms with Crippen LogP contribution in [0.1, 0.15) is 36.8 Å². The van der Waals surface area contributed by atoms with Crippen LogP contribution in [0.2, 0.25) is 0 Å². The van der Waals surface area contributed by atoms with Crippen LogP contribution >= 0.6 is 27.3 Å². The summed E-state index contributed by atoms with van der Waals surface area (Å²) in [5, 5.41) is 0. The standard InChI is InChI=1S/C30H27BrN2O6S/c1-6-38-29(35)26-17(3)32-30-33(27(26)21-14-18(36-4)8-11-23(21)37-5)28(34)25(40-30)15-19-9-12-24(39-19)20-10-7-16(2)13-22(20)31/h7-15,27H,6H2,1-5H3. The predicted octanol–water partition coefficient (Wildman–Crippen LogP) is 5.15. The van der Waals surface area contributed by atoms with E-state index in [1.807, 2.05) is 37.3 Å². The van der Waals surface area contributed by atoms with E-state index in [2.05, 4.69) is 20.9 Å². The summed E-state index contributed by atoms with van der Waals surface area (Å²) < 4.78 is 25.4. The lowest BCUT2D eigenvalue weighted by atomic mass is 9.95. The van der Waals surface area contributed by atoms with Crippen molar-refractivity contribution in [2.45, 2.75) is 26.8 Å². The molecule has 4 aromatic rings. The number of benzene rings is 2. The van der Waals surface area contributed by atoms with Crippen molar-refractivity contribution in [3.63, 3.8) is 0 Å². The van der Waals surface area contributed by atoms with E-state index in [1.54, 1.807) is 45.2 Å². The molecule has 10 heteroatoms. The van der Waals surface area contributed by atoms with Gasteiger partial charge in [0.1, 0.15) is 29.1 Å². The van der Waals surface area contributed by atoms with Gasteiger partial charge in [0.2, 0.25) is 0 Å². The lowest BCUT2D eigenvalue weighted by Crippen LogP contribution is -2.40. The van der Waals surface area contributed by atoms with Crippen molar-refractivity contribution < 1.29 is 23.4 Å². The third-order valence-electron chi connectivity index (χ3n) is 6.54. The van der Waals surface area contributed by atoms with Crippen molar-refractivity contribution in [1.29, 1.82) is 0 Å². The second-order valence-electron chi connectivity index (χ2n) is 9.10. The summed E-state index contributed by atoms with van der Waals surface area (Å²) in [5.74, 6) is 1.69. The molecule has 1 aliphatic heterocycles. The maximum Gasteiger partial charge on any atom is 0.338 e. The first-order chi connectivity index (χ1) is 19.2. The number of ether oxygens (including phenoxy) is 3. The number of carbonyl (C=O) groups is 1. The van der Waals surface area contributed by atoms with Crippen LogP contribution in [0, 0.1) is 6.92 Å². The highest BCUT2D eigenvalue weighted by atomic mass is 79.9. The minimum Gasteiger partial charge on any atom is -0.497 e. The average molecular weight is 624 g/mol. The number of hydrogen-bond donors (Lipinski definition) is 0. The molecule has 8 nitrogen and oxygen atoms in total. The van der Waals surface area contributed by atoms with E-state index in [4.69, 9.17) is 18.6 Å². The highest BCUT2D eigenvalue weighted by Crippen LogP contribution is 2.38. The molecular weight excluding hydrogens is 596 g/mol. The number of fused-ring (bicyclic) bond motifs is 1. The maximum absolute atomic E-state index is 13.9. The Morgan fingerprint density at radius 2 is 1.93 bits per heavy atom. The van der Waals surface area contributed by atoms with Crippen LogP contribution in [0.15, 0.2) is 78.5 Å². The molecule has 0 aliphatic carbocycles. The molecule has 206 valence electrons. The van der Waals surface area contributed by atoms with Gasteiger partial charge >= 0.3 is 5.97 Å². The average Bonchev–Trinajstić information content (AvgIpc) is 3.51. The van der Waals surface area contributed by atoms with Gasteiger partial charge in [-0.3, -0.25) is 9.36 Å². The smallest absolute Gasteiger partial charge is 0.338 e. The largest absolute Gasteiger partial charge is 0.497 e. The molecule has 0 amide bonds. The zero-order valence-electron chi connectivity index (χ0n) is 22.6. The number of aromatic nitrogens is 1. The molecule has 40 heavy (non-hydrogen) atoms. The fourth-order valence-electron chi connectivity index (χ4n) is 4.66. The zero-order chi connectivity index (χ0) is 28.6. The fourth-order valence-corrected chi connectivity index (χ4v) is 6.38. The molecule has 0 radical (unpaired) electrons.